The molecule has 88 valence electrons. The van der Waals surface area contributed by atoms with E-state index in [4.69, 9.17) is 10.3 Å². The molecule has 0 aliphatic heterocycles. The summed E-state index contributed by atoms with van der Waals surface area (Å²) in [6.45, 7) is 0.166. The Balaban J connectivity index is 2.08. The van der Waals surface area contributed by atoms with Gasteiger partial charge in [0.05, 0.1) is 12.1 Å². The molecule has 0 saturated heterocycles. The van der Waals surface area contributed by atoms with Gasteiger partial charge in [-0.15, -0.1) is 0 Å². The van der Waals surface area contributed by atoms with Crippen molar-refractivity contribution in [2.75, 3.05) is 0 Å². The molecule has 17 heavy (non-hydrogen) atoms. The summed E-state index contributed by atoms with van der Waals surface area (Å²) in [4.78, 5) is 4.04. The Morgan fingerprint density at radius 2 is 2.06 bits per heavy atom. The molecule has 1 heterocycles. The van der Waals surface area contributed by atoms with Crippen molar-refractivity contribution in [3.63, 3.8) is 0 Å². The molecule has 0 fully saturated rings. The van der Waals surface area contributed by atoms with E-state index in [2.05, 4.69) is 10.1 Å². The molecule has 1 aliphatic carbocycles. The van der Waals surface area contributed by atoms with Crippen LogP contribution >= 0.6 is 0 Å². The summed E-state index contributed by atoms with van der Waals surface area (Å²) in [6, 6.07) is 3.40. The first-order valence-corrected chi connectivity index (χ1v) is 5.62. The maximum Gasteiger partial charge on any atom is 0.240 e. The van der Waals surface area contributed by atoms with E-state index in [0.29, 0.717) is 11.5 Å². The van der Waals surface area contributed by atoms with E-state index < -0.39 is 0 Å². The van der Waals surface area contributed by atoms with Crippen molar-refractivity contribution in [3.8, 4) is 11.4 Å². The molecule has 0 bridgehead atoms. The summed E-state index contributed by atoms with van der Waals surface area (Å²) in [5.41, 5.74) is 8.05. The average molecular weight is 233 g/mol. The Labute approximate surface area is 97.6 Å². The number of hydrogen-bond donors (Lipinski definition) is 1. The number of hydrogen-bond acceptors (Lipinski definition) is 4. The first-order valence-electron chi connectivity index (χ1n) is 5.62. The number of halogens is 1. The number of rotatable bonds is 2. The van der Waals surface area contributed by atoms with Crippen LogP contribution in [0.2, 0.25) is 0 Å². The second-order valence-corrected chi connectivity index (χ2v) is 4.17. The maximum atomic E-state index is 13.9. The number of nitrogens with zero attached hydrogens (tertiary/aromatic N) is 2. The van der Waals surface area contributed by atoms with Crippen LogP contribution in [0.1, 0.15) is 23.4 Å². The zero-order chi connectivity index (χ0) is 11.8. The van der Waals surface area contributed by atoms with Crippen LogP contribution < -0.4 is 5.73 Å². The van der Waals surface area contributed by atoms with Crippen LogP contribution in [0, 0.1) is 5.82 Å². The lowest BCUT2D eigenvalue weighted by molar-refractivity contribution is 0.380. The topological polar surface area (TPSA) is 64.9 Å². The molecule has 2 N–H and O–H groups in total. The molecule has 4 nitrogen and oxygen atoms in total. The Bertz CT molecular complexity index is 565. The van der Waals surface area contributed by atoms with Crippen LogP contribution in [0.25, 0.3) is 11.4 Å². The minimum atomic E-state index is -0.296. The lowest BCUT2D eigenvalue weighted by Crippen LogP contribution is -1.96. The molecule has 0 saturated carbocycles. The van der Waals surface area contributed by atoms with Crippen molar-refractivity contribution in [2.45, 2.75) is 25.8 Å². The predicted molar refractivity (Wildman–Crippen MR) is 59.6 cm³/mol. The largest absolute Gasteiger partial charge is 0.338 e. The molecule has 0 unspecified atom stereocenters. The Kier molecular flexibility index (Phi) is 2.40. The van der Waals surface area contributed by atoms with Gasteiger partial charge in [0.15, 0.2) is 0 Å². The highest BCUT2D eigenvalue weighted by molar-refractivity contribution is 5.58. The Morgan fingerprint density at radius 1 is 1.29 bits per heavy atom. The number of aryl methyl sites for hydroxylation is 2. The quantitative estimate of drug-likeness (QED) is 0.859. The van der Waals surface area contributed by atoms with Gasteiger partial charge in [0.25, 0.3) is 0 Å². The standard InChI is InChI=1S/C12H12FN3O/c13-10-5-8-3-1-2-7(8)4-9(10)12-15-11(6-14)17-16-12/h4-5H,1-3,6,14H2. The molecule has 0 radical (unpaired) electrons. The number of benzene rings is 1. The van der Waals surface area contributed by atoms with E-state index >= 15 is 0 Å². The molecule has 1 aromatic heterocycles. The van der Waals surface area contributed by atoms with Gasteiger partial charge >= 0.3 is 0 Å². The monoisotopic (exact) mass is 233 g/mol. The Hall–Kier alpha value is -1.75. The zero-order valence-corrected chi connectivity index (χ0v) is 9.24. The molecule has 0 amide bonds. The first kappa shape index (κ1) is 10.4. The molecule has 1 aromatic carbocycles. The normalized spacial score (nSPS) is 14.0. The minimum Gasteiger partial charge on any atom is -0.338 e. The van der Waals surface area contributed by atoms with Gasteiger partial charge in [-0.3, -0.25) is 0 Å². The highest BCUT2D eigenvalue weighted by Gasteiger charge is 2.18. The van der Waals surface area contributed by atoms with Gasteiger partial charge in [0, 0.05) is 0 Å². The van der Waals surface area contributed by atoms with E-state index in [0.717, 1.165) is 24.8 Å². The fourth-order valence-corrected chi connectivity index (χ4v) is 2.21. The summed E-state index contributed by atoms with van der Waals surface area (Å²) < 4.78 is 18.8. The second-order valence-electron chi connectivity index (χ2n) is 4.17. The predicted octanol–water partition coefficient (Wildman–Crippen LogP) is 1.82. The van der Waals surface area contributed by atoms with Crippen LogP contribution in [0.15, 0.2) is 16.7 Å². The van der Waals surface area contributed by atoms with Crippen LogP contribution in [0.5, 0.6) is 0 Å². The third-order valence-corrected chi connectivity index (χ3v) is 3.07. The van der Waals surface area contributed by atoms with Gasteiger partial charge in [-0.05, 0) is 42.5 Å². The van der Waals surface area contributed by atoms with Crippen molar-refractivity contribution in [2.24, 2.45) is 5.73 Å². The summed E-state index contributed by atoms with van der Waals surface area (Å²) >= 11 is 0. The van der Waals surface area contributed by atoms with Crippen molar-refractivity contribution >= 4 is 0 Å². The smallest absolute Gasteiger partial charge is 0.240 e. The molecule has 2 aromatic rings. The first-order chi connectivity index (χ1) is 8.28. The fraction of sp³-hybridized carbons (Fsp3) is 0.333. The van der Waals surface area contributed by atoms with E-state index in [-0.39, 0.29) is 18.2 Å². The lowest BCUT2D eigenvalue weighted by atomic mass is 10.1. The van der Waals surface area contributed by atoms with Crippen molar-refractivity contribution in [1.82, 2.24) is 10.1 Å². The van der Waals surface area contributed by atoms with Crippen molar-refractivity contribution in [3.05, 3.63) is 35.0 Å². The molecule has 0 spiro atoms. The van der Waals surface area contributed by atoms with Gasteiger partial charge < -0.3 is 10.3 Å². The summed E-state index contributed by atoms with van der Waals surface area (Å²) in [5, 5.41) is 3.74. The minimum absolute atomic E-state index is 0.166. The highest BCUT2D eigenvalue weighted by Crippen LogP contribution is 2.29. The highest BCUT2D eigenvalue weighted by atomic mass is 19.1. The molecule has 5 heteroatoms. The van der Waals surface area contributed by atoms with Gasteiger partial charge in [0.2, 0.25) is 11.7 Å². The van der Waals surface area contributed by atoms with Gasteiger partial charge in [-0.2, -0.15) is 4.98 Å². The van der Waals surface area contributed by atoms with Crippen molar-refractivity contribution in [1.29, 1.82) is 0 Å². The van der Waals surface area contributed by atoms with Crippen LogP contribution in [0.3, 0.4) is 0 Å². The summed E-state index contributed by atoms with van der Waals surface area (Å²) in [6.07, 6.45) is 3.02. The van der Waals surface area contributed by atoms with Crippen LogP contribution in [-0.2, 0) is 19.4 Å². The van der Waals surface area contributed by atoms with Crippen molar-refractivity contribution < 1.29 is 8.91 Å². The number of aromatic nitrogens is 2. The summed E-state index contributed by atoms with van der Waals surface area (Å²) in [7, 11) is 0. The SMILES string of the molecule is NCc1nc(-c2cc3c(cc2F)CCC3)no1. The van der Waals surface area contributed by atoms with E-state index in [1.807, 2.05) is 6.07 Å². The maximum absolute atomic E-state index is 13.9. The molecule has 1 aliphatic rings. The Morgan fingerprint density at radius 3 is 2.76 bits per heavy atom. The zero-order valence-electron chi connectivity index (χ0n) is 9.24. The molecular formula is C12H12FN3O. The number of nitrogens with two attached hydrogens (primary N) is 1. The third-order valence-electron chi connectivity index (χ3n) is 3.07. The van der Waals surface area contributed by atoms with E-state index in [1.165, 1.54) is 5.56 Å². The van der Waals surface area contributed by atoms with E-state index in [9.17, 15) is 4.39 Å². The average Bonchev–Trinajstić information content (AvgIpc) is 2.94. The van der Waals surface area contributed by atoms with Gasteiger partial charge in [-0.25, -0.2) is 4.39 Å². The van der Waals surface area contributed by atoms with E-state index in [1.54, 1.807) is 6.07 Å². The summed E-state index contributed by atoms with van der Waals surface area (Å²) in [5.74, 6) is 0.299. The number of fused-ring (bicyclic) bond motifs is 1. The fourth-order valence-electron chi connectivity index (χ4n) is 2.21. The van der Waals surface area contributed by atoms with Gasteiger partial charge in [-0.1, -0.05) is 5.16 Å². The van der Waals surface area contributed by atoms with Crippen LogP contribution in [0.4, 0.5) is 4.39 Å². The second kappa shape index (κ2) is 3.92. The third kappa shape index (κ3) is 1.72. The molecule has 0 atom stereocenters. The molecular weight excluding hydrogens is 221 g/mol. The molecule has 3 rings (SSSR count). The van der Waals surface area contributed by atoms with Crippen LogP contribution in [-0.4, -0.2) is 10.1 Å². The lowest BCUT2D eigenvalue weighted by Gasteiger charge is -2.03. The van der Waals surface area contributed by atoms with Gasteiger partial charge in [0.1, 0.15) is 5.82 Å².